The van der Waals surface area contributed by atoms with Crippen LogP contribution in [0.4, 0.5) is 9.18 Å². The van der Waals surface area contributed by atoms with Gasteiger partial charge in [0.15, 0.2) is 0 Å². The number of piperidine rings is 1. The summed E-state index contributed by atoms with van der Waals surface area (Å²) in [5.74, 6) is -0.916. The van der Waals surface area contributed by atoms with Gasteiger partial charge in [-0.25, -0.2) is 9.18 Å². The van der Waals surface area contributed by atoms with Crippen molar-refractivity contribution < 1.29 is 14.0 Å². The molecule has 1 aromatic carbocycles. The third-order valence-corrected chi connectivity index (χ3v) is 3.60. The molecule has 6 heteroatoms. The van der Waals surface area contributed by atoms with Gasteiger partial charge in [0, 0.05) is 33.2 Å². The normalized spacial score (nSPS) is 15.7. The van der Waals surface area contributed by atoms with Crippen LogP contribution in [0.3, 0.4) is 0 Å². The van der Waals surface area contributed by atoms with Crippen LogP contribution in [0.2, 0.25) is 0 Å². The molecule has 0 bridgehead atoms. The van der Waals surface area contributed by atoms with Gasteiger partial charge in [-0.15, -0.1) is 0 Å². The van der Waals surface area contributed by atoms with E-state index in [1.807, 2.05) is 0 Å². The summed E-state index contributed by atoms with van der Waals surface area (Å²) in [5.41, 5.74) is 0.0595. The van der Waals surface area contributed by atoms with E-state index in [1.54, 1.807) is 31.1 Å². The van der Waals surface area contributed by atoms with Crippen LogP contribution < -0.4 is 5.32 Å². The zero-order valence-electron chi connectivity index (χ0n) is 12.3. The molecular formula is C15H20FN3O2. The van der Waals surface area contributed by atoms with Crippen molar-refractivity contribution >= 4 is 11.9 Å². The van der Waals surface area contributed by atoms with Gasteiger partial charge in [0.2, 0.25) is 0 Å². The third kappa shape index (κ3) is 3.71. The zero-order chi connectivity index (χ0) is 15.4. The molecule has 0 atom stereocenters. The van der Waals surface area contributed by atoms with Crippen molar-refractivity contribution in [2.45, 2.75) is 18.9 Å². The molecule has 2 rings (SSSR count). The fourth-order valence-corrected chi connectivity index (χ4v) is 2.41. The first-order valence-electron chi connectivity index (χ1n) is 7.00. The lowest BCUT2D eigenvalue weighted by molar-refractivity contribution is 0.0910. The fourth-order valence-electron chi connectivity index (χ4n) is 2.41. The highest BCUT2D eigenvalue weighted by atomic mass is 19.1. The molecule has 1 fully saturated rings. The number of rotatable bonds is 2. The van der Waals surface area contributed by atoms with Crippen LogP contribution in [0.1, 0.15) is 23.2 Å². The SMILES string of the molecule is CN(C)C(=O)N1CCC(NC(=O)c2ccccc2F)CC1. The van der Waals surface area contributed by atoms with Crippen molar-refractivity contribution in [3.63, 3.8) is 0 Å². The van der Waals surface area contributed by atoms with E-state index in [0.717, 1.165) is 0 Å². The average molecular weight is 293 g/mol. The molecule has 1 saturated heterocycles. The molecule has 0 saturated carbocycles. The first-order valence-corrected chi connectivity index (χ1v) is 7.00. The minimum atomic E-state index is -0.518. The van der Waals surface area contributed by atoms with Crippen LogP contribution >= 0.6 is 0 Å². The summed E-state index contributed by atoms with van der Waals surface area (Å²) >= 11 is 0. The molecule has 1 heterocycles. The Morgan fingerprint density at radius 3 is 2.43 bits per heavy atom. The number of carbonyl (C=O) groups excluding carboxylic acids is 2. The van der Waals surface area contributed by atoms with Crippen LogP contribution in [0.5, 0.6) is 0 Å². The Hall–Kier alpha value is -2.11. The quantitative estimate of drug-likeness (QED) is 0.902. The molecule has 1 N–H and O–H groups in total. The highest BCUT2D eigenvalue weighted by Gasteiger charge is 2.25. The second-order valence-corrected chi connectivity index (χ2v) is 5.39. The maximum Gasteiger partial charge on any atom is 0.319 e. The Kier molecular flexibility index (Phi) is 4.77. The predicted octanol–water partition coefficient (Wildman–Crippen LogP) is 1.70. The molecule has 0 aliphatic carbocycles. The fraction of sp³-hybridized carbons (Fsp3) is 0.467. The molecule has 5 nitrogen and oxygen atoms in total. The lowest BCUT2D eigenvalue weighted by Gasteiger charge is -2.33. The molecule has 3 amide bonds. The number of nitrogens with zero attached hydrogens (tertiary/aromatic N) is 2. The predicted molar refractivity (Wildman–Crippen MR) is 77.5 cm³/mol. The van der Waals surface area contributed by atoms with Gasteiger partial charge in [-0.1, -0.05) is 12.1 Å². The summed E-state index contributed by atoms with van der Waals surface area (Å²) in [6.45, 7) is 1.19. The van der Waals surface area contributed by atoms with Gasteiger partial charge in [0.05, 0.1) is 5.56 Å². The van der Waals surface area contributed by atoms with Crippen molar-refractivity contribution in [3.8, 4) is 0 Å². The lowest BCUT2D eigenvalue weighted by atomic mass is 10.0. The van der Waals surface area contributed by atoms with Gasteiger partial charge in [-0.2, -0.15) is 0 Å². The Balaban J connectivity index is 1.88. The maximum atomic E-state index is 13.5. The number of hydrogen-bond acceptors (Lipinski definition) is 2. The van der Waals surface area contributed by atoms with Crippen molar-refractivity contribution in [3.05, 3.63) is 35.6 Å². The minimum Gasteiger partial charge on any atom is -0.349 e. The Morgan fingerprint density at radius 1 is 1.24 bits per heavy atom. The number of likely N-dealkylation sites (tertiary alicyclic amines) is 1. The van der Waals surface area contributed by atoms with Crippen molar-refractivity contribution in [2.24, 2.45) is 0 Å². The van der Waals surface area contributed by atoms with Crippen LogP contribution in [0.15, 0.2) is 24.3 Å². The molecule has 114 valence electrons. The first-order chi connectivity index (χ1) is 9.99. The van der Waals surface area contributed by atoms with Gasteiger partial charge >= 0.3 is 6.03 Å². The highest BCUT2D eigenvalue weighted by Crippen LogP contribution is 2.13. The monoisotopic (exact) mass is 293 g/mol. The Labute approximate surface area is 123 Å². The summed E-state index contributed by atoms with van der Waals surface area (Å²) in [4.78, 5) is 27.1. The second-order valence-electron chi connectivity index (χ2n) is 5.39. The van der Waals surface area contributed by atoms with Gasteiger partial charge < -0.3 is 15.1 Å². The molecule has 0 radical (unpaired) electrons. The van der Waals surface area contributed by atoms with Crippen molar-refractivity contribution in [1.82, 2.24) is 15.1 Å². The summed E-state index contributed by atoms with van der Waals surface area (Å²) in [7, 11) is 3.43. The molecular weight excluding hydrogens is 273 g/mol. The van der Waals surface area contributed by atoms with E-state index in [9.17, 15) is 14.0 Å². The zero-order valence-corrected chi connectivity index (χ0v) is 12.3. The topological polar surface area (TPSA) is 52.7 Å². The van der Waals surface area contributed by atoms with Crippen LogP contribution in [-0.2, 0) is 0 Å². The van der Waals surface area contributed by atoms with Crippen LogP contribution in [0.25, 0.3) is 0 Å². The second kappa shape index (κ2) is 6.56. The summed E-state index contributed by atoms with van der Waals surface area (Å²) in [6, 6.07) is 5.88. The molecule has 21 heavy (non-hydrogen) atoms. The maximum absolute atomic E-state index is 13.5. The molecule has 0 spiro atoms. The van der Waals surface area contributed by atoms with Crippen LogP contribution in [-0.4, -0.2) is 55.0 Å². The standard InChI is InChI=1S/C15H20FN3O2/c1-18(2)15(21)19-9-7-11(8-10-19)17-14(20)12-5-3-4-6-13(12)16/h3-6,11H,7-10H2,1-2H3,(H,17,20). The van der Waals surface area contributed by atoms with Gasteiger partial charge in [-0.3, -0.25) is 4.79 Å². The van der Waals surface area contributed by atoms with Gasteiger partial charge in [-0.05, 0) is 25.0 Å². The van der Waals surface area contributed by atoms with Crippen molar-refractivity contribution in [1.29, 1.82) is 0 Å². The summed E-state index contributed by atoms with van der Waals surface area (Å²) < 4.78 is 13.5. The number of benzene rings is 1. The molecule has 1 aliphatic rings. The summed E-state index contributed by atoms with van der Waals surface area (Å²) in [6.07, 6.45) is 1.36. The Bertz CT molecular complexity index is 525. The summed E-state index contributed by atoms with van der Waals surface area (Å²) in [5, 5.41) is 2.83. The van der Waals surface area contributed by atoms with E-state index in [1.165, 1.54) is 17.0 Å². The number of urea groups is 1. The van der Waals surface area contributed by atoms with E-state index in [2.05, 4.69) is 5.32 Å². The van der Waals surface area contributed by atoms with Crippen molar-refractivity contribution in [2.75, 3.05) is 27.2 Å². The smallest absolute Gasteiger partial charge is 0.319 e. The van der Waals surface area contributed by atoms with E-state index in [0.29, 0.717) is 25.9 Å². The molecule has 1 aromatic rings. The average Bonchev–Trinajstić information content (AvgIpc) is 2.47. The van der Waals surface area contributed by atoms with E-state index in [-0.39, 0.29) is 17.6 Å². The Morgan fingerprint density at radius 2 is 1.86 bits per heavy atom. The number of halogens is 1. The van der Waals surface area contributed by atoms with E-state index in [4.69, 9.17) is 0 Å². The number of hydrogen-bond donors (Lipinski definition) is 1. The highest BCUT2D eigenvalue weighted by molar-refractivity contribution is 5.94. The number of nitrogens with one attached hydrogen (secondary N) is 1. The molecule has 1 aliphatic heterocycles. The van der Waals surface area contributed by atoms with E-state index < -0.39 is 11.7 Å². The lowest BCUT2D eigenvalue weighted by Crippen LogP contribution is -2.49. The van der Waals surface area contributed by atoms with Gasteiger partial charge in [0.25, 0.3) is 5.91 Å². The van der Waals surface area contributed by atoms with E-state index >= 15 is 0 Å². The third-order valence-electron chi connectivity index (χ3n) is 3.60. The molecule has 0 unspecified atom stereocenters. The minimum absolute atomic E-state index is 0.0196. The molecule has 0 aromatic heterocycles. The number of amides is 3. The van der Waals surface area contributed by atoms with Gasteiger partial charge in [0.1, 0.15) is 5.82 Å². The van der Waals surface area contributed by atoms with Crippen LogP contribution in [0, 0.1) is 5.82 Å². The number of carbonyl (C=O) groups is 2. The largest absolute Gasteiger partial charge is 0.349 e. The first kappa shape index (κ1) is 15.3.